The number of carboxylic acid groups (broad SMARTS) is 1. The van der Waals surface area contributed by atoms with Gasteiger partial charge in [-0.2, -0.15) is 0 Å². The zero-order valence-corrected chi connectivity index (χ0v) is 11.9. The molecule has 1 rings (SSSR count). The number of hydrogen-bond donors (Lipinski definition) is 3. The van der Waals surface area contributed by atoms with Crippen LogP contribution in [0.3, 0.4) is 0 Å². The van der Waals surface area contributed by atoms with Crippen LogP contribution in [0.4, 0.5) is 4.79 Å². The molecule has 5 heteroatoms. The first-order valence-corrected chi connectivity index (χ1v) is 7.31. The first kappa shape index (κ1) is 15.8. The highest BCUT2D eigenvalue weighted by Crippen LogP contribution is 2.33. The summed E-state index contributed by atoms with van der Waals surface area (Å²) in [5, 5.41) is 14.5. The van der Waals surface area contributed by atoms with E-state index in [9.17, 15) is 9.59 Å². The fourth-order valence-electron chi connectivity index (χ4n) is 2.23. The van der Waals surface area contributed by atoms with Crippen LogP contribution in [0.15, 0.2) is 0 Å². The molecule has 0 aromatic rings. The van der Waals surface area contributed by atoms with Crippen LogP contribution in [0.2, 0.25) is 0 Å². The molecule has 0 radical (unpaired) electrons. The molecule has 1 aliphatic carbocycles. The van der Waals surface area contributed by atoms with Gasteiger partial charge in [-0.25, -0.2) is 4.79 Å². The minimum absolute atomic E-state index is 0.0162. The molecule has 0 spiro atoms. The van der Waals surface area contributed by atoms with E-state index in [0.717, 1.165) is 25.7 Å². The Balaban J connectivity index is 2.25. The van der Waals surface area contributed by atoms with Crippen molar-refractivity contribution in [2.75, 3.05) is 0 Å². The molecule has 1 fully saturated rings. The van der Waals surface area contributed by atoms with Crippen molar-refractivity contribution in [1.29, 1.82) is 0 Å². The molecule has 0 saturated heterocycles. The van der Waals surface area contributed by atoms with E-state index in [0.29, 0.717) is 5.92 Å². The monoisotopic (exact) mass is 270 g/mol. The lowest BCUT2D eigenvalue weighted by atomic mass is 10.1. The van der Waals surface area contributed by atoms with Gasteiger partial charge in [0.2, 0.25) is 0 Å². The van der Waals surface area contributed by atoms with Crippen LogP contribution in [-0.4, -0.2) is 29.2 Å². The van der Waals surface area contributed by atoms with E-state index in [4.69, 9.17) is 5.11 Å². The van der Waals surface area contributed by atoms with Gasteiger partial charge in [0.1, 0.15) is 0 Å². The molecule has 0 aliphatic heterocycles. The van der Waals surface area contributed by atoms with Crippen molar-refractivity contribution in [2.45, 2.75) is 70.9 Å². The van der Waals surface area contributed by atoms with Crippen molar-refractivity contribution in [2.24, 2.45) is 5.92 Å². The van der Waals surface area contributed by atoms with Crippen molar-refractivity contribution in [3.63, 3.8) is 0 Å². The summed E-state index contributed by atoms with van der Waals surface area (Å²) in [6.45, 7) is 4.13. The molecule has 0 heterocycles. The predicted octanol–water partition coefficient (Wildman–Crippen LogP) is 2.51. The zero-order valence-electron chi connectivity index (χ0n) is 11.9. The summed E-state index contributed by atoms with van der Waals surface area (Å²) in [7, 11) is 0. The number of carboxylic acids is 1. The third-order valence-electron chi connectivity index (χ3n) is 3.52. The van der Waals surface area contributed by atoms with Gasteiger partial charge in [-0.3, -0.25) is 4.79 Å². The Morgan fingerprint density at radius 3 is 2.47 bits per heavy atom. The van der Waals surface area contributed by atoms with Gasteiger partial charge >= 0.3 is 12.0 Å². The largest absolute Gasteiger partial charge is 0.481 e. The SMILES string of the molecule is CCCCCC(C)NC(=O)NC(CC(=O)O)C1CC1. The Kier molecular flexibility index (Phi) is 6.67. The standard InChI is InChI=1S/C14H26N2O3/c1-3-4-5-6-10(2)15-14(19)16-12(9-13(17)18)11-7-8-11/h10-12H,3-9H2,1-2H3,(H,17,18)(H2,15,16,19). The van der Waals surface area contributed by atoms with E-state index in [1.54, 1.807) is 0 Å². The van der Waals surface area contributed by atoms with E-state index in [-0.39, 0.29) is 24.5 Å². The maximum atomic E-state index is 11.8. The molecule has 110 valence electrons. The van der Waals surface area contributed by atoms with Crippen molar-refractivity contribution >= 4 is 12.0 Å². The second kappa shape index (κ2) is 8.02. The first-order chi connectivity index (χ1) is 9.02. The molecule has 1 aliphatic rings. The van der Waals surface area contributed by atoms with Crippen molar-refractivity contribution < 1.29 is 14.7 Å². The van der Waals surface area contributed by atoms with Crippen LogP contribution in [0, 0.1) is 5.92 Å². The number of nitrogens with one attached hydrogen (secondary N) is 2. The normalized spacial score (nSPS) is 17.6. The predicted molar refractivity (Wildman–Crippen MR) is 74.0 cm³/mol. The number of amides is 2. The minimum Gasteiger partial charge on any atom is -0.481 e. The molecule has 0 aromatic heterocycles. The molecule has 19 heavy (non-hydrogen) atoms. The maximum absolute atomic E-state index is 11.8. The van der Waals surface area contributed by atoms with E-state index in [1.807, 2.05) is 6.92 Å². The summed E-state index contributed by atoms with van der Waals surface area (Å²) >= 11 is 0. The second-order valence-corrected chi connectivity index (χ2v) is 5.56. The molecule has 5 nitrogen and oxygen atoms in total. The molecule has 0 aromatic carbocycles. The Morgan fingerprint density at radius 1 is 1.26 bits per heavy atom. The van der Waals surface area contributed by atoms with E-state index in [2.05, 4.69) is 17.6 Å². The lowest BCUT2D eigenvalue weighted by Gasteiger charge is -2.19. The van der Waals surface area contributed by atoms with Crippen LogP contribution in [0.1, 0.15) is 58.8 Å². The average molecular weight is 270 g/mol. The molecule has 3 N–H and O–H groups in total. The Morgan fingerprint density at radius 2 is 1.95 bits per heavy atom. The summed E-state index contributed by atoms with van der Waals surface area (Å²) in [6, 6.07) is -0.321. The Labute approximate surface area is 115 Å². The van der Waals surface area contributed by atoms with Crippen LogP contribution in [-0.2, 0) is 4.79 Å². The second-order valence-electron chi connectivity index (χ2n) is 5.56. The van der Waals surface area contributed by atoms with Crippen LogP contribution in [0.25, 0.3) is 0 Å². The van der Waals surface area contributed by atoms with Gasteiger partial charge in [0.05, 0.1) is 6.42 Å². The third-order valence-corrected chi connectivity index (χ3v) is 3.52. The third kappa shape index (κ3) is 7.03. The highest BCUT2D eigenvalue weighted by Gasteiger charge is 2.33. The maximum Gasteiger partial charge on any atom is 0.315 e. The lowest BCUT2D eigenvalue weighted by molar-refractivity contribution is -0.137. The van der Waals surface area contributed by atoms with Gasteiger partial charge in [0.25, 0.3) is 0 Å². The minimum atomic E-state index is -0.854. The molecular formula is C14H26N2O3. The summed E-state index contributed by atoms with van der Waals surface area (Å²) < 4.78 is 0. The molecule has 2 unspecified atom stereocenters. The zero-order chi connectivity index (χ0) is 14.3. The van der Waals surface area contributed by atoms with Gasteiger partial charge in [0.15, 0.2) is 0 Å². The van der Waals surface area contributed by atoms with Crippen molar-refractivity contribution in [3.05, 3.63) is 0 Å². The lowest BCUT2D eigenvalue weighted by Crippen LogP contribution is -2.46. The fourth-order valence-corrected chi connectivity index (χ4v) is 2.23. The number of urea groups is 1. The van der Waals surface area contributed by atoms with Gasteiger partial charge in [0, 0.05) is 12.1 Å². The molecular weight excluding hydrogens is 244 g/mol. The van der Waals surface area contributed by atoms with Gasteiger partial charge < -0.3 is 15.7 Å². The summed E-state index contributed by atoms with van der Waals surface area (Å²) in [4.78, 5) is 22.5. The fraction of sp³-hybridized carbons (Fsp3) is 0.857. The van der Waals surface area contributed by atoms with Crippen molar-refractivity contribution in [1.82, 2.24) is 10.6 Å². The highest BCUT2D eigenvalue weighted by atomic mass is 16.4. The van der Waals surface area contributed by atoms with Gasteiger partial charge in [-0.05, 0) is 32.1 Å². The molecule has 0 bridgehead atoms. The summed E-state index contributed by atoms with van der Waals surface area (Å²) in [5.41, 5.74) is 0. The number of carbonyl (C=O) groups excluding carboxylic acids is 1. The number of rotatable bonds is 9. The van der Waals surface area contributed by atoms with Gasteiger partial charge in [-0.15, -0.1) is 0 Å². The van der Waals surface area contributed by atoms with Crippen LogP contribution < -0.4 is 10.6 Å². The van der Waals surface area contributed by atoms with Gasteiger partial charge in [-0.1, -0.05) is 26.2 Å². The van der Waals surface area contributed by atoms with E-state index < -0.39 is 5.97 Å². The molecule has 1 saturated carbocycles. The molecule has 2 atom stereocenters. The number of aliphatic carboxylic acids is 1. The van der Waals surface area contributed by atoms with Crippen molar-refractivity contribution in [3.8, 4) is 0 Å². The number of carbonyl (C=O) groups is 2. The summed E-state index contributed by atoms with van der Waals surface area (Å²) in [5.74, 6) is -0.509. The molecule has 2 amide bonds. The van der Waals surface area contributed by atoms with Crippen LogP contribution in [0.5, 0.6) is 0 Å². The summed E-state index contributed by atoms with van der Waals surface area (Å²) in [6.07, 6.45) is 6.48. The Hall–Kier alpha value is -1.26. The first-order valence-electron chi connectivity index (χ1n) is 7.31. The highest BCUT2D eigenvalue weighted by molar-refractivity contribution is 5.76. The number of hydrogen-bond acceptors (Lipinski definition) is 2. The Bertz CT molecular complexity index is 303. The average Bonchev–Trinajstić information content (AvgIpc) is 3.11. The van der Waals surface area contributed by atoms with Crippen LogP contribution >= 0.6 is 0 Å². The smallest absolute Gasteiger partial charge is 0.315 e. The van der Waals surface area contributed by atoms with E-state index in [1.165, 1.54) is 12.8 Å². The number of unbranched alkanes of at least 4 members (excludes halogenated alkanes) is 2. The quantitative estimate of drug-likeness (QED) is 0.563. The van der Waals surface area contributed by atoms with E-state index >= 15 is 0 Å². The topological polar surface area (TPSA) is 78.4 Å².